The molecule has 0 saturated heterocycles. The van der Waals surface area contributed by atoms with Gasteiger partial charge >= 0.3 is 0 Å². The summed E-state index contributed by atoms with van der Waals surface area (Å²) < 4.78 is 6.87. The number of aromatic nitrogens is 1. The second kappa shape index (κ2) is 5.27. The van der Waals surface area contributed by atoms with Crippen molar-refractivity contribution in [2.45, 2.75) is 6.54 Å². The Balaban J connectivity index is 2.26. The Labute approximate surface area is 108 Å². The Morgan fingerprint density at radius 1 is 1.31 bits per heavy atom. The van der Waals surface area contributed by atoms with E-state index in [1.54, 1.807) is 12.4 Å². The van der Waals surface area contributed by atoms with E-state index in [1.165, 1.54) is 0 Å². The van der Waals surface area contributed by atoms with E-state index in [4.69, 9.17) is 10.5 Å². The molecule has 2 rings (SSSR count). The van der Waals surface area contributed by atoms with Crippen LogP contribution in [0.2, 0.25) is 0 Å². The molecule has 82 valence electrons. The number of halogens is 1. The lowest BCUT2D eigenvalue weighted by Gasteiger charge is -2.09. The third kappa shape index (κ3) is 2.70. The highest BCUT2D eigenvalue weighted by Crippen LogP contribution is 2.25. The molecule has 4 heteroatoms. The normalized spacial score (nSPS) is 10.1. The van der Waals surface area contributed by atoms with Crippen LogP contribution in [0.25, 0.3) is 0 Å². The molecule has 0 spiro atoms. The van der Waals surface area contributed by atoms with Crippen LogP contribution >= 0.6 is 22.6 Å². The maximum atomic E-state index is 5.73. The molecule has 0 unspecified atom stereocenters. The molecule has 1 aromatic carbocycles. The number of rotatable bonds is 3. The number of pyridine rings is 1. The standard InChI is InChI=1S/C12H11IN2O/c13-10-2-1-3-11(6-10)16-12-8-15-5-4-9(12)7-14/h1-6,8H,7,14H2. The average molecular weight is 326 g/mol. The molecule has 0 radical (unpaired) electrons. The fourth-order valence-corrected chi connectivity index (χ4v) is 1.84. The molecule has 0 saturated carbocycles. The smallest absolute Gasteiger partial charge is 0.150 e. The second-order valence-electron chi connectivity index (χ2n) is 3.25. The van der Waals surface area contributed by atoms with E-state index in [-0.39, 0.29) is 0 Å². The van der Waals surface area contributed by atoms with Gasteiger partial charge < -0.3 is 10.5 Å². The van der Waals surface area contributed by atoms with Gasteiger partial charge in [0, 0.05) is 21.9 Å². The zero-order chi connectivity index (χ0) is 11.4. The summed E-state index contributed by atoms with van der Waals surface area (Å²) in [5, 5.41) is 0. The van der Waals surface area contributed by atoms with Crippen molar-refractivity contribution >= 4 is 22.6 Å². The van der Waals surface area contributed by atoms with Crippen molar-refractivity contribution in [3.63, 3.8) is 0 Å². The fraction of sp³-hybridized carbons (Fsp3) is 0.0833. The van der Waals surface area contributed by atoms with Gasteiger partial charge in [0.2, 0.25) is 0 Å². The minimum atomic E-state index is 0.446. The highest BCUT2D eigenvalue weighted by Gasteiger charge is 2.03. The number of nitrogens with two attached hydrogens (primary N) is 1. The molecular weight excluding hydrogens is 315 g/mol. The predicted molar refractivity (Wildman–Crippen MR) is 71.4 cm³/mol. The molecule has 1 heterocycles. The van der Waals surface area contributed by atoms with Crippen molar-refractivity contribution in [2.75, 3.05) is 0 Å². The first-order chi connectivity index (χ1) is 7.79. The molecule has 3 nitrogen and oxygen atoms in total. The van der Waals surface area contributed by atoms with Gasteiger partial charge in [-0.25, -0.2) is 0 Å². The molecule has 0 aliphatic heterocycles. The van der Waals surface area contributed by atoms with E-state index in [0.717, 1.165) is 14.9 Å². The lowest BCUT2D eigenvalue weighted by atomic mass is 10.2. The minimum absolute atomic E-state index is 0.446. The van der Waals surface area contributed by atoms with Crippen LogP contribution in [0.4, 0.5) is 0 Å². The molecular formula is C12H11IN2O. The van der Waals surface area contributed by atoms with Crippen LogP contribution < -0.4 is 10.5 Å². The van der Waals surface area contributed by atoms with Gasteiger partial charge in [0.1, 0.15) is 11.5 Å². The highest BCUT2D eigenvalue weighted by atomic mass is 127. The van der Waals surface area contributed by atoms with E-state index < -0.39 is 0 Å². The van der Waals surface area contributed by atoms with Crippen molar-refractivity contribution in [1.29, 1.82) is 0 Å². The number of ether oxygens (including phenoxy) is 1. The Morgan fingerprint density at radius 2 is 2.19 bits per heavy atom. The van der Waals surface area contributed by atoms with E-state index in [0.29, 0.717) is 12.3 Å². The van der Waals surface area contributed by atoms with Crippen LogP contribution in [0.5, 0.6) is 11.5 Å². The summed E-state index contributed by atoms with van der Waals surface area (Å²) in [7, 11) is 0. The first-order valence-electron chi connectivity index (χ1n) is 4.86. The van der Waals surface area contributed by atoms with Gasteiger partial charge in [-0.2, -0.15) is 0 Å². The van der Waals surface area contributed by atoms with Crippen molar-refractivity contribution in [3.05, 3.63) is 51.9 Å². The Hall–Kier alpha value is -1.14. The van der Waals surface area contributed by atoms with E-state index in [2.05, 4.69) is 27.6 Å². The first kappa shape index (κ1) is 11.3. The lowest BCUT2D eigenvalue weighted by molar-refractivity contribution is 0.473. The molecule has 2 aromatic rings. The molecule has 0 bridgehead atoms. The summed E-state index contributed by atoms with van der Waals surface area (Å²) in [6, 6.07) is 9.71. The summed E-state index contributed by atoms with van der Waals surface area (Å²) in [5.74, 6) is 1.52. The molecule has 2 N–H and O–H groups in total. The van der Waals surface area contributed by atoms with Gasteiger partial charge in [-0.05, 0) is 46.9 Å². The van der Waals surface area contributed by atoms with Crippen LogP contribution in [0.15, 0.2) is 42.7 Å². The third-order valence-electron chi connectivity index (χ3n) is 2.11. The van der Waals surface area contributed by atoms with Crippen molar-refractivity contribution in [2.24, 2.45) is 5.73 Å². The quantitative estimate of drug-likeness (QED) is 0.883. The monoisotopic (exact) mass is 326 g/mol. The summed E-state index contributed by atoms with van der Waals surface area (Å²) in [4.78, 5) is 4.03. The first-order valence-corrected chi connectivity index (χ1v) is 5.94. The summed E-state index contributed by atoms with van der Waals surface area (Å²) in [6.45, 7) is 0.446. The van der Waals surface area contributed by atoms with E-state index in [9.17, 15) is 0 Å². The summed E-state index contributed by atoms with van der Waals surface area (Å²) in [6.07, 6.45) is 3.39. The topological polar surface area (TPSA) is 48.1 Å². The Kier molecular flexibility index (Phi) is 3.74. The number of hydrogen-bond acceptors (Lipinski definition) is 3. The van der Waals surface area contributed by atoms with E-state index in [1.807, 2.05) is 30.3 Å². The number of hydrogen-bond donors (Lipinski definition) is 1. The Morgan fingerprint density at radius 3 is 2.94 bits per heavy atom. The summed E-state index contributed by atoms with van der Waals surface area (Å²) >= 11 is 2.25. The van der Waals surface area contributed by atoms with Gasteiger partial charge in [-0.3, -0.25) is 4.98 Å². The maximum Gasteiger partial charge on any atom is 0.150 e. The van der Waals surface area contributed by atoms with Crippen LogP contribution in [0, 0.1) is 3.57 Å². The number of nitrogens with zero attached hydrogens (tertiary/aromatic N) is 1. The fourth-order valence-electron chi connectivity index (χ4n) is 1.33. The average Bonchev–Trinajstić information content (AvgIpc) is 2.30. The molecule has 0 atom stereocenters. The Bertz CT molecular complexity index is 488. The third-order valence-corrected chi connectivity index (χ3v) is 2.78. The molecule has 0 aliphatic rings. The summed E-state index contributed by atoms with van der Waals surface area (Å²) in [5.41, 5.74) is 6.58. The number of benzene rings is 1. The highest BCUT2D eigenvalue weighted by molar-refractivity contribution is 14.1. The van der Waals surface area contributed by atoms with Gasteiger partial charge in [0.25, 0.3) is 0 Å². The second-order valence-corrected chi connectivity index (χ2v) is 4.49. The van der Waals surface area contributed by atoms with Crippen molar-refractivity contribution in [3.8, 4) is 11.5 Å². The molecule has 1 aromatic heterocycles. The van der Waals surface area contributed by atoms with Crippen molar-refractivity contribution < 1.29 is 4.74 Å². The van der Waals surface area contributed by atoms with Crippen LogP contribution in [0.1, 0.15) is 5.56 Å². The lowest BCUT2D eigenvalue weighted by Crippen LogP contribution is -1.99. The predicted octanol–water partition coefficient (Wildman–Crippen LogP) is 2.94. The van der Waals surface area contributed by atoms with Gasteiger partial charge in [-0.15, -0.1) is 0 Å². The van der Waals surface area contributed by atoms with Gasteiger partial charge in [-0.1, -0.05) is 6.07 Å². The zero-order valence-corrected chi connectivity index (χ0v) is 10.7. The van der Waals surface area contributed by atoms with Crippen molar-refractivity contribution in [1.82, 2.24) is 4.98 Å². The van der Waals surface area contributed by atoms with Gasteiger partial charge in [0.05, 0.1) is 6.20 Å². The minimum Gasteiger partial charge on any atom is -0.455 e. The molecule has 16 heavy (non-hydrogen) atoms. The molecule has 0 amide bonds. The molecule has 0 fully saturated rings. The SMILES string of the molecule is NCc1ccncc1Oc1cccc(I)c1. The van der Waals surface area contributed by atoms with Crippen LogP contribution in [-0.2, 0) is 6.54 Å². The van der Waals surface area contributed by atoms with E-state index >= 15 is 0 Å². The van der Waals surface area contributed by atoms with Crippen LogP contribution in [-0.4, -0.2) is 4.98 Å². The van der Waals surface area contributed by atoms with Gasteiger partial charge in [0.15, 0.2) is 0 Å². The van der Waals surface area contributed by atoms with Crippen LogP contribution in [0.3, 0.4) is 0 Å². The maximum absolute atomic E-state index is 5.73. The largest absolute Gasteiger partial charge is 0.455 e. The zero-order valence-electron chi connectivity index (χ0n) is 8.56. The molecule has 0 aliphatic carbocycles.